The highest BCUT2D eigenvalue weighted by molar-refractivity contribution is 6.29. The Balaban J connectivity index is 2.03. The highest BCUT2D eigenvalue weighted by atomic mass is 35.5. The average Bonchev–Trinajstić information content (AvgIpc) is 2.22. The standard InChI is InChI=1S/C11H16ClN3/c1-11(5-3-2-4-6-11)15-10-8-13-9(12)7-14-10/h7-8H,2-6H2,1H3,(H,14,15). The lowest BCUT2D eigenvalue weighted by Crippen LogP contribution is -2.37. The van der Waals surface area contributed by atoms with Crippen molar-refractivity contribution < 1.29 is 0 Å². The van der Waals surface area contributed by atoms with E-state index in [2.05, 4.69) is 22.2 Å². The second-order valence-electron chi connectivity index (χ2n) is 4.47. The number of rotatable bonds is 2. The summed E-state index contributed by atoms with van der Waals surface area (Å²) in [5, 5.41) is 3.89. The first-order valence-corrected chi connectivity index (χ1v) is 5.82. The van der Waals surface area contributed by atoms with Crippen LogP contribution in [0.3, 0.4) is 0 Å². The van der Waals surface area contributed by atoms with Crippen molar-refractivity contribution in [2.45, 2.75) is 44.6 Å². The zero-order valence-electron chi connectivity index (χ0n) is 8.96. The van der Waals surface area contributed by atoms with Crippen molar-refractivity contribution in [3.05, 3.63) is 17.5 Å². The fourth-order valence-electron chi connectivity index (χ4n) is 2.14. The van der Waals surface area contributed by atoms with Crippen LogP contribution in [0.2, 0.25) is 5.15 Å². The summed E-state index contributed by atoms with van der Waals surface area (Å²) in [6.45, 7) is 2.25. The van der Waals surface area contributed by atoms with Crippen LogP contribution in [0.15, 0.2) is 12.4 Å². The molecule has 1 aromatic rings. The molecular formula is C11H16ClN3. The van der Waals surface area contributed by atoms with E-state index in [1.807, 2.05) is 0 Å². The summed E-state index contributed by atoms with van der Waals surface area (Å²) in [7, 11) is 0. The van der Waals surface area contributed by atoms with E-state index >= 15 is 0 Å². The van der Waals surface area contributed by atoms with Gasteiger partial charge in [-0.05, 0) is 19.8 Å². The van der Waals surface area contributed by atoms with Gasteiger partial charge in [0.15, 0.2) is 0 Å². The molecule has 0 unspecified atom stereocenters. The number of nitrogens with one attached hydrogen (secondary N) is 1. The molecule has 0 bridgehead atoms. The minimum Gasteiger partial charge on any atom is -0.364 e. The van der Waals surface area contributed by atoms with E-state index in [4.69, 9.17) is 11.6 Å². The summed E-state index contributed by atoms with van der Waals surface area (Å²) in [5.41, 5.74) is 0.181. The van der Waals surface area contributed by atoms with Gasteiger partial charge in [-0.1, -0.05) is 30.9 Å². The van der Waals surface area contributed by atoms with E-state index in [9.17, 15) is 0 Å². The normalized spacial score (nSPS) is 19.9. The Morgan fingerprint density at radius 2 is 1.93 bits per heavy atom. The average molecular weight is 226 g/mol. The maximum absolute atomic E-state index is 5.69. The molecule has 0 radical (unpaired) electrons. The molecular weight excluding hydrogens is 210 g/mol. The van der Waals surface area contributed by atoms with Gasteiger partial charge in [-0.25, -0.2) is 9.97 Å². The van der Waals surface area contributed by atoms with Crippen molar-refractivity contribution in [2.24, 2.45) is 0 Å². The Hall–Kier alpha value is -0.830. The van der Waals surface area contributed by atoms with Gasteiger partial charge in [0.05, 0.1) is 12.4 Å². The first-order chi connectivity index (χ1) is 7.18. The monoisotopic (exact) mass is 225 g/mol. The second kappa shape index (κ2) is 4.35. The third-order valence-electron chi connectivity index (χ3n) is 3.01. The van der Waals surface area contributed by atoms with Crippen LogP contribution in [-0.4, -0.2) is 15.5 Å². The van der Waals surface area contributed by atoms with Gasteiger partial charge in [-0.15, -0.1) is 0 Å². The summed E-state index contributed by atoms with van der Waals surface area (Å²) in [6, 6.07) is 0. The summed E-state index contributed by atoms with van der Waals surface area (Å²) in [6.07, 6.45) is 9.63. The summed E-state index contributed by atoms with van der Waals surface area (Å²) < 4.78 is 0. The molecule has 0 amide bonds. The fourth-order valence-corrected chi connectivity index (χ4v) is 2.24. The van der Waals surface area contributed by atoms with Crippen LogP contribution in [-0.2, 0) is 0 Å². The summed E-state index contributed by atoms with van der Waals surface area (Å²) in [4.78, 5) is 8.23. The van der Waals surface area contributed by atoms with Crippen LogP contribution in [0, 0.1) is 0 Å². The summed E-state index contributed by atoms with van der Waals surface area (Å²) >= 11 is 5.69. The zero-order chi connectivity index (χ0) is 10.7. The molecule has 1 N–H and O–H groups in total. The van der Waals surface area contributed by atoms with Crippen molar-refractivity contribution in [3.8, 4) is 0 Å². The van der Waals surface area contributed by atoms with Gasteiger partial charge in [0.25, 0.3) is 0 Å². The molecule has 3 nitrogen and oxygen atoms in total. The van der Waals surface area contributed by atoms with E-state index < -0.39 is 0 Å². The Morgan fingerprint density at radius 1 is 1.20 bits per heavy atom. The number of nitrogens with zero attached hydrogens (tertiary/aromatic N) is 2. The van der Waals surface area contributed by atoms with Crippen LogP contribution in [0.5, 0.6) is 0 Å². The first-order valence-electron chi connectivity index (χ1n) is 5.44. The SMILES string of the molecule is CC1(Nc2cnc(Cl)cn2)CCCCC1. The first kappa shape index (κ1) is 10.7. The predicted molar refractivity (Wildman–Crippen MR) is 62.2 cm³/mol. The number of halogens is 1. The molecule has 0 saturated heterocycles. The third kappa shape index (κ3) is 2.81. The lowest BCUT2D eigenvalue weighted by molar-refractivity contribution is 0.348. The van der Waals surface area contributed by atoms with E-state index in [1.165, 1.54) is 32.1 Å². The van der Waals surface area contributed by atoms with E-state index in [0.717, 1.165) is 5.82 Å². The van der Waals surface area contributed by atoms with Crippen LogP contribution in [0.1, 0.15) is 39.0 Å². The van der Waals surface area contributed by atoms with Crippen molar-refractivity contribution in [2.75, 3.05) is 5.32 Å². The molecule has 1 fully saturated rings. The van der Waals surface area contributed by atoms with Crippen LogP contribution in [0.25, 0.3) is 0 Å². The molecule has 1 aliphatic rings. The van der Waals surface area contributed by atoms with Gasteiger partial charge in [-0.3, -0.25) is 0 Å². The maximum Gasteiger partial charge on any atom is 0.147 e. The van der Waals surface area contributed by atoms with Crippen LogP contribution >= 0.6 is 11.6 Å². The Bertz CT molecular complexity index is 317. The molecule has 0 atom stereocenters. The molecule has 0 aromatic carbocycles. The molecule has 82 valence electrons. The minimum atomic E-state index is 0.181. The molecule has 1 heterocycles. The van der Waals surface area contributed by atoms with Gasteiger partial charge in [0.1, 0.15) is 11.0 Å². The van der Waals surface area contributed by atoms with Gasteiger partial charge in [0, 0.05) is 5.54 Å². The van der Waals surface area contributed by atoms with E-state index in [-0.39, 0.29) is 5.54 Å². The van der Waals surface area contributed by atoms with Crippen molar-refractivity contribution >= 4 is 17.4 Å². The predicted octanol–water partition coefficient (Wildman–Crippen LogP) is 3.26. The summed E-state index contributed by atoms with van der Waals surface area (Å²) in [5.74, 6) is 0.823. The quantitative estimate of drug-likeness (QED) is 0.840. The molecule has 0 aliphatic heterocycles. The highest BCUT2D eigenvalue weighted by Gasteiger charge is 2.26. The van der Waals surface area contributed by atoms with Gasteiger partial charge in [-0.2, -0.15) is 0 Å². The Kier molecular flexibility index (Phi) is 3.10. The van der Waals surface area contributed by atoms with Crippen molar-refractivity contribution in [1.29, 1.82) is 0 Å². The van der Waals surface area contributed by atoms with Gasteiger partial charge < -0.3 is 5.32 Å². The molecule has 1 aromatic heterocycles. The number of anilines is 1. The third-order valence-corrected chi connectivity index (χ3v) is 3.20. The van der Waals surface area contributed by atoms with Gasteiger partial charge >= 0.3 is 0 Å². The zero-order valence-corrected chi connectivity index (χ0v) is 9.72. The Morgan fingerprint density at radius 3 is 2.53 bits per heavy atom. The maximum atomic E-state index is 5.69. The van der Waals surface area contributed by atoms with Crippen LogP contribution < -0.4 is 5.32 Å². The highest BCUT2D eigenvalue weighted by Crippen LogP contribution is 2.30. The second-order valence-corrected chi connectivity index (χ2v) is 4.86. The molecule has 2 rings (SSSR count). The molecule has 1 aliphatic carbocycles. The molecule has 0 spiro atoms. The van der Waals surface area contributed by atoms with E-state index in [0.29, 0.717) is 5.15 Å². The largest absolute Gasteiger partial charge is 0.364 e. The number of aromatic nitrogens is 2. The topological polar surface area (TPSA) is 37.8 Å². The minimum absolute atomic E-state index is 0.181. The van der Waals surface area contributed by atoms with Crippen molar-refractivity contribution in [1.82, 2.24) is 9.97 Å². The fraction of sp³-hybridized carbons (Fsp3) is 0.636. The lowest BCUT2D eigenvalue weighted by Gasteiger charge is -2.34. The smallest absolute Gasteiger partial charge is 0.147 e. The van der Waals surface area contributed by atoms with E-state index in [1.54, 1.807) is 12.4 Å². The molecule has 4 heteroatoms. The molecule has 1 saturated carbocycles. The lowest BCUT2D eigenvalue weighted by atomic mass is 9.83. The van der Waals surface area contributed by atoms with Gasteiger partial charge in [0.2, 0.25) is 0 Å². The Labute approximate surface area is 95.3 Å². The number of hydrogen-bond donors (Lipinski definition) is 1. The number of hydrogen-bond acceptors (Lipinski definition) is 3. The van der Waals surface area contributed by atoms with Crippen LogP contribution in [0.4, 0.5) is 5.82 Å². The van der Waals surface area contributed by atoms with Crippen molar-refractivity contribution in [3.63, 3.8) is 0 Å². The molecule has 15 heavy (non-hydrogen) atoms.